The molecule has 5 rings (SSSR count). The molecule has 4 heterocycles. The molecule has 1 N–H and O–H groups in total. The van der Waals surface area contributed by atoms with Gasteiger partial charge in [0.25, 0.3) is 0 Å². The van der Waals surface area contributed by atoms with Crippen molar-refractivity contribution in [3.63, 3.8) is 0 Å². The predicted octanol–water partition coefficient (Wildman–Crippen LogP) is 2.38. The van der Waals surface area contributed by atoms with Gasteiger partial charge in [-0.25, -0.2) is 0 Å². The van der Waals surface area contributed by atoms with Crippen LogP contribution in [0, 0.1) is 6.92 Å². The normalized spacial score (nSPS) is 17.5. The van der Waals surface area contributed by atoms with Gasteiger partial charge in [-0.2, -0.15) is 0 Å². The molecule has 8 nitrogen and oxygen atoms in total. The van der Waals surface area contributed by atoms with E-state index in [1.165, 1.54) is 0 Å². The second-order valence-electron chi connectivity index (χ2n) is 7.61. The summed E-state index contributed by atoms with van der Waals surface area (Å²) in [6, 6.07) is 7.16. The van der Waals surface area contributed by atoms with E-state index >= 15 is 0 Å². The van der Waals surface area contributed by atoms with Crippen molar-refractivity contribution in [1.29, 1.82) is 0 Å². The molecule has 8 heteroatoms. The van der Waals surface area contributed by atoms with Gasteiger partial charge in [-0.3, -0.25) is 4.98 Å². The molecule has 0 bridgehead atoms. The Balaban J connectivity index is 1.70. The van der Waals surface area contributed by atoms with Crippen molar-refractivity contribution in [2.24, 2.45) is 0 Å². The summed E-state index contributed by atoms with van der Waals surface area (Å²) in [7, 11) is 0. The van der Waals surface area contributed by atoms with E-state index in [2.05, 4.69) is 26.9 Å². The van der Waals surface area contributed by atoms with E-state index < -0.39 is 0 Å². The van der Waals surface area contributed by atoms with Gasteiger partial charge in [0.1, 0.15) is 5.75 Å². The van der Waals surface area contributed by atoms with Gasteiger partial charge in [0.05, 0.1) is 32.1 Å². The molecule has 30 heavy (non-hydrogen) atoms. The van der Waals surface area contributed by atoms with Crippen molar-refractivity contribution in [1.82, 2.24) is 15.2 Å². The number of phenols is 1. The SMILES string of the molecule is Cc1c(-c2ccc(O)cc2)ncc2c(N3CCOCC3)nnc(N3CCOCC3)c12. The van der Waals surface area contributed by atoms with Crippen LogP contribution < -0.4 is 9.80 Å². The number of anilines is 2. The van der Waals surface area contributed by atoms with Crippen molar-refractivity contribution in [2.75, 3.05) is 62.4 Å². The van der Waals surface area contributed by atoms with Gasteiger partial charge < -0.3 is 24.4 Å². The van der Waals surface area contributed by atoms with Gasteiger partial charge in [0, 0.05) is 48.7 Å². The monoisotopic (exact) mass is 407 g/mol. The largest absolute Gasteiger partial charge is 0.508 e. The Hall–Kier alpha value is -2.97. The zero-order valence-corrected chi connectivity index (χ0v) is 17.0. The van der Waals surface area contributed by atoms with E-state index in [0.29, 0.717) is 26.4 Å². The Morgan fingerprint density at radius 3 is 2.03 bits per heavy atom. The summed E-state index contributed by atoms with van der Waals surface area (Å²) in [6.45, 7) is 7.99. The minimum atomic E-state index is 0.242. The maximum absolute atomic E-state index is 9.67. The number of benzene rings is 1. The molecule has 156 valence electrons. The van der Waals surface area contributed by atoms with Crippen molar-refractivity contribution < 1.29 is 14.6 Å². The number of aromatic hydroxyl groups is 1. The lowest BCUT2D eigenvalue weighted by molar-refractivity contribution is 0.122. The molecule has 3 aromatic rings. The second kappa shape index (κ2) is 8.04. The zero-order chi connectivity index (χ0) is 20.5. The standard InChI is InChI=1S/C22H25N5O3/c1-15-19-18(14-23-20(15)16-2-4-17(28)5-3-16)21(26-6-10-29-11-7-26)24-25-22(19)27-8-12-30-13-9-27/h2-5,14,28H,6-13H2,1H3. The van der Waals surface area contributed by atoms with Crippen LogP contribution in [0.25, 0.3) is 22.0 Å². The molecule has 2 saturated heterocycles. The zero-order valence-electron chi connectivity index (χ0n) is 17.0. The molecular weight excluding hydrogens is 382 g/mol. The van der Waals surface area contributed by atoms with Crippen LogP contribution >= 0.6 is 0 Å². The molecule has 1 aromatic carbocycles. The Kier molecular flexibility index (Phi) is 5.10. The van der Waals surface area contributed by atoms with E-state index in [0.717, 1.165) is 65.4 Å². The van der Waals surface area contributed by atoms with Crippen molar-refractivity contribution in [3.05, 3.63) is 36.0 Å². The summed E-state index contributed by atoms with van der Waals surface area (Å²) in [6.07, 6.45) is 1.91. The molecule has 2 aromatic heterocycles. The van der Waals surface area contributed by atoms with Crippen LogP contribution in [0.5, 0.6) is 5.75 Å². The van der Waals surface area contributed by atoms with Crippen molar-refractivity contribution in [3.8, 4) is 17.0 Å². The maximum Gasteiger partial charge on any atom is 0.161 e. The number of pyridine rings is 1. The minimum absolute atomic E-state index is 0.242. The van der Waals surface area contributed by atoms with Crippen molar-refractivity contribution >= 4 is 22.4 Å². The molecule has 2 fully saturated rings. The van der Waals surface area contributed by atoms with E-state index in [-0.39, 0.29) is 5.75 Å². The van der Waals surface area contributed by atoms with E-state index in [9.17, 15) is 5.11 Å². The topological polar surface area (TPSA) is 83.8 Å². The predicted molar refractivity (Wildman–Crippen MR) is 115 cm³/mol. The number of aryl methyl sites for hydroxylation is 1. The first-order valence-corrected chi connectivity index (χ1v) is 10.3. The maximum atomic E-state index is 9.67. The first-order valence-electron chi connectivity index (χ1n) is 10.3. The minimum Gasteiger partial charge on any atom is -0.508 e. The highest BCUT2D eigenvalue weighted by atomic mass is 16.5. The first-order chi connectivity index (χ1) is 14.7. The van der Waals surface area contributed by atoms with Gasteiger partial charge in [-0.15, -0.1) is 10.2 Å². The molecule has 2 aliphatic rings. The fourth-order valence-corrected chi connectivity index (χ4v) is 4.18. The van der Waals surface area contributed by atoms with E-state index in [1.54, 1.807) is 12.1 Å². The Labute approximate surface area is 175 Å². The van der Waals surface area contributed by atoms with Crippen LogP contribution in [-0.2, 0) is 9.47 Å². The summed E-state index contributed by atoms with van der Waals surface area (Å²) >= 11 is 0. The molecule has 0 amide bonds. The van der Waals surface area contributed by atoms with Crippen LogP contribution in [-0.4, -0.2) is 72.9 Å². The van der Waals surface area contributed by atoms with E-state index in [1.807, 2.05) is 18.3 Å². The molecule has 0 radical (unpaired) electrons. The fraction of sp³-hybridized carbons (Fsp3) is 0.409. The van der Waals surface area contributed by atoms with Gasteiger partial charge in [-0.1, -0.05) is 0 Å². The number of nitrogens with zero attached hydrogens (tertiary/aromatic N) is 5. The highest BCUT2D eigenvalue weighted by Crippen LogP contribution is 2.37. The van der Waals surface area contributed by atoms with Crippen LogP contribution in [0.2, 0.25) is 0 Å². The van der Waals surface area contributed by atoms with Crippen LogP contribution in [0.1, 0.15) is 5.56 Å². The van der Waals surface area contributed by atoms with Gasteiger partial charge in [0.2, 0.25) is 0 Å². The summed E-state index contributed by atoms with van der Waals surface area (Å²) in [5, 5.41) is 21.1. The highest BCUT2D eigenvalue weighted by molar-refractivity contribution is 6.02. The third-order valence-electron chi connectivity index (χ3n) is 5.79. The number of fused-ring (bicyclic) bond motifs is 1. The summed E-state index contributed by atoms with van der Waals surface area (Å²) in [4.78, 5) is 9.27. The Morgan fingerprint density at radius 1 is 0.833 bits per heavy atom. The molecule has 0 aliphatic carbocycles. The van der Waals surface area contributed by atoms with E-state index in [4.69, 9.17) is 14.5 Å². The average molecular weight is 407 g/mol. The molecule has 2 aliphatic heterocycles. The third kappa shape index (κ3) is 3.42. The highest BCUT2D eigenvalue weighted by Gasteiger charge is 2.24. The number of morpholine rings is 2. The lowest BCUT2D eigenvalue weighted by Crippen LogP contribution is -2.38. The second-order valence-corrected chi connectivity index (χ2v) is 7.61. The fourth-order valence-electron chi connectivity index (χ4n) is 4.18. The average Bonchev–Trinajstić information content (AvgIpc) is 2.80. The number of rotatable bonds is 3. The van der Waals surface area contributed by atoms with Crippen LogP contribution in [0.15, 0.2) is 30.5 Å². The van der Waals surface area contributed by atoms with Gasteiger partial charge >= 0.3 is 0 Å². The number of aromatic nitrogens is 3. The Morgan fingerprint density at radius 2 is 1.40 bits per heavy atom. The lowest BCUT2D eigenvalue weighted by Gasteiger charge is -2.31. The molecule has 0 atom stereocenters. The number of phenolic OH excluding ortho intramolecular Hbond substituents is 1. The quantitative estimate of drug-likeness (QED) is 0.709. The number of hydrogen-bond acceptors (Lipinski definition) is 8. The van der Waals surface area contributed by atoms with Crippen molar-refractivity contribution in [2.45, 2.75) is 6.92 Å². The molecule has 0 unspecified atom stereocenters. The smallest absolute Gasteiger partial charge is 0.161 e. The molecular formula is C22H25N5O3. The number of ether oxygens (including phenoxy) is 2. The van der Waals surface area contributed by atoms with Crippen LogP contribution in [0.3, 0.4) is 0 Å². The lowest BCUT2D eigenvalue weighted by atomic mass is 10.0. The molecule has 0 saturated carbocycles. The number of hydrogen-bond donors (Lipinski definition) is 1. The van der Waals surface area contributed by atoms with Crippen LogP contribution in [0.4, 0.5) is 11.6 Å². The van der Waals surface area contributed by atoms with Gasteiger partial charge in [-0.05, 0) is 36.8 Å². The van der Waals surface area contributed by atoms with Gasteiger partial charge in [0.15, 0.2) is 11.6 Å². The summed E-state index contributed by atoms with van der Waals surface area (Å²) < 4.78 is 11.1. The third-order valence-corrected chi connectivity index (χ3v) is 5.79. The Bertz CT molecular complexity index is 1040. The molecule has 0 spiro atoms. The first kappa shape index (κ1) is 19.0. The summed E-state index contributed by atoms with van der Waals surface area (Å²) in [5.41, 5.74) is 2.91. The summed E-state index contributed by atoms with van der Waals surface area (Å²) in [5.74, 6) is 1.98.